The van der Waals surface area contributed by atoms with Crippen LogP contribution >= 0.6 is 0 Å². The van der Waals surface area contributed by atoms with Crippen LogP contribution in [-0.4, -0.2) is 29.3 Å². The van der Waals surface area contributed by atoms with Crippen LogP contribution in [0.2, 0.25) is 0 Å². The number of hydrogen-bond donors (Lipinski definition) is 2. The number of rotatable bonds is 9. The van der Waals surface area contributed by atoms with Crippen molar-refractivity contribution in [3.05, 3.63) is 65.4 Å². The number of aryl methyl sites for hydroxylation is 1. The molecule has 0 fully saturated rings. The molecule has 0 unspecified atom stereocenters. The van der Waals surface area contributed by atoms with Crippen LogP contribution in [0, 0.1) is 12.8 Å². The molecule has 2 N–H and O–H groups in total. The lowest BCUT2D eigenvalue weighted by atomic mass is 10.1. The second-order valence-electron chi connectivity index (χ2n) is 7.63. The van der Waals surface area contributed by atoms with Gasteiger partial charge in [0.25, 0.3) is 5.91 Å². The van der Waals surface area contributed by atoms with Crippen LogP contribution in [0.4, 0.5) is 14.6 Å². The standard InChI is InChI=1S/C23H27F2N3O3/c1-14(2)21(29)28-20-11-18(8-9-26-20)22(30)27-12-17-6-7-19(16(5)10-17)31-13-23(24,25)15(3)4/h6-11,14H,3,12-13H2,1-2,4-5H3,(H,27,30)(H,26,28,29). The fourth-order valence-electron chi connectivity index (χ4n) is 2.47. The number of hydrogen-bond acceptors (Lipinski definition) is 4. The Kier molecular flexibility index (Phi) is 7.85. The average Bonchev–Trinajstić information content (AvgIpc) is 2.71. The number of benzene rings is 1. The summed E-state index contributed by atoms with van der Waals surface area (Å²) in [5.41, 5.74) is 1.55. The Hall–Kier alpha value is -3.29. The molecule has 6 nitrogen and oxygen atoms in total. The maximum absolute atomic E-state index is 13.7. The zero-order valence-electron chi connectivity index (χ0n) is 18.1. The monoisotopic (exact) mass is 431 g/mol. The number of amides is 2. The minimum atomic E-state index is -3.10. The van der Waals surface area contributed by atoms with Gasteiger partial charge in [-0.25, -0.2) is 4.98 Å². The topological polar surface area (TPSA) is 80.3 Å². The number of alkyl halides is 2. The van der Waals surface area contributed by atoms with Crippen molar-refractivity contribution in [2.75, 3.05) is 11.9 Å². The first kappa shape index (κ1) is 24.0. The molecule has 2 aromatic rings. The first-order chi connectivity index (χ1) is 14.5. The van der Waals surface area contributed by atoms with Gasteiger partial charge < -0.3 is 15.4 Å². The quantitative estimate of drug-likeness (QED) is 0.573. The molecular weight excluding hydrogens is 404 g/mol. The number of anilines is 1. The predicted molar refractivity (Wildman–Crippen MR) is 115 cm³/mol. The van der Waals surface area contributed by atoms with Gasteiger partial charge in [0.1, 0.15) is 11.6 Å². The molecular formula is C23H27F2N3O3. The number of nitrogens with one attached hydrogen (secondary N) is 2. The molecule has 2 amide bonds. The molecule has 1 aromatic heterocycles. The van der Waals surface area contributed by atoms with E-state index in [2.05, 4.69) is 22.2 Å². The van der Waals surface area contributed by atoms with E-state index in [0.29, 0.717) is 22.7 Å². The lowest BCUT2D eigenvalue weighted by Crippen LogP contribution is -2.26. The average molecular weight is 431 g/mol. The third-order valence-corrected chi connectivity index (χ3v) is 4.52. The highest BCUT2D eigenvalue weighted by atomic mass is 19.3. The van der Waals surface area contributed by atoms with Gasteiger partial charge in [0, 0.05) is 24.2 Å². The molecule has 31 heavy (non-hydrogen) atoms. The normalized spacial score (nSPS) is 11.2. The fraction of sp³-hybridized carbons (Fsp3) is 0.348. The Morgan fingerprint density at radius 1 is 1.23 bits per heavy atom. The maximum Gasteiger partial charge on any atom is 0.302 e. The molecule has 8 heteroatoms. The van der Waals surface area contributed by atoms with Crippen LogP contribution in [0.1, 0.15) is 42.3 Å². The summed E-state index contributed by atoms with van der Waals surface area (Å²) in [4.78, 5) is 28.3. The lowest BCUT2D eigenvalue weighted by molar-refractivity contribution is -0.118. The van der Waals surface area contributed by atoms with E-state index in [0.717, 1.165) is 5.56 Å². The summed E-state index contributed by atoms with van der Waals surface area (Å²) in [5.74, 6) is -3.19. The molecule has 0 saturated heterocycles. The second-order valence-corrected chi connectivity index (χ2v) is 7.63. The van der Waals surface area contributed by atoms with E-state index in [9.17, 15) is 18.4 Å². The van der Waals surface area contributed by atoms with E-state index in [1.807, 2.05) is 0 Å². The third kappa shape index (κ3) is 6.87. The molecule has 0 spiro atoms. The Labute approximate surface area is 180 Å². The van der Waals surface area contributed by atoms with Crippen LogP contribution < -0.4 is 15.4 Å². The number of carbonyl (C=O) groups is 2. The van der Waals surface area contributed by atoms with Crippen molar-refractivity contribution in [2.45, 2.75) is 40.2 Å². The number of aromatic nitrogens is 1. The summed E-state index contributed by atoms with van der Waals surface area (Å²) in [6.45, 7) is 9.25. The van der Waals surface area contributed by atoms with Gasteiger partial charge in [0.2, 0.25) is 5.91 Å². The van der Waals surface area contributed by atoms with Gasteiger partial charge in [0.05, 0.1) is 0 Å². The van der Waals surface area contributed by atoms with Gasteiger partial charge >= 0.3 is 5.92 Å². The molecule has 0 aliphatic heterocycles. The Balaban J connectivity index is 1.97. The van der Waals surface area contributed by atoms with Crippen molar-refractivity contribution in [3.63, 3.8) is 0 Å². The lowest BCUT2D eigenvalue weighted by Gasteiger charge is -2.18. The Bertz CT molecular complexity index is 974. The number of carbonyl (C=O) groups excluding carboxylic acids is 2. The molecule has 0 atom stereocenters. The van der Waals surface area contributed by atoms with E-state index in [4.69, 9.17) is 4.74 Å². The van der Waals surface area contributed by atoms with Crippen LogP contribution in [0.3, 0.4) is 0 Å². The highest BCUT2D eigenvalue weighted by molar-refractivity contribution is 5.96. The van der Waals surface area contributed by atoms with Gasteiger partial charge in [-0.1, -0.05) is 32.6 Å². The van der Waals surface area contributed by atoms with Crippen molar-refractivity contribution < 1.29 is 23.1 Å². The largest absolute Gasteiger partial charge is 0.487 e. The van der Waals surface area contributed by atoms with Gasteiger partial charge in [-0.2, -0.15) is 8.78 Å². The molecule has 0 saturated carbocycles. The zero-order chi connectivity index (χ0) is 23.2. The second kappa shape index (κ2) is 10.1. The SMILES string of the molecule is C=C(C)C(F)(F)COc1ccc(CNC(=O)c2ccnc(NC(=O)C(C)C)c2)cc1C. The zero-order valence-corrected chi connectivity index (χ0v) is 18.1. The van der Waals surface area contributed by atoms with E-state index >= 15 is 0 Å². The van der Waals surface area contributed by atoms with Crippen LogP contribution in [0.15, 0.2) is 48.7 Å². The van der Waals surface area contributed by atoms with Crippen LogP contribution in [0.5, 0.6) is 5.75 Å². The summed E-state index contributed by atoms with van der Waals surface area (Å²) in [6, 6.07) is 8.10. The van der Waals surface area contributed by atoms with Gasteiger partial charge in [-0.15, -0.1) is 0 Å². The fourth-order valence-corrected chi connectivity index (χ4v) is 2.47. The molecule has 1 aromatic carbocycles. The van der Waals surface area contributed by atoms with Crippen LogP contribution in [0.25, 0.3) is 0 Å². The number of nitrogens with zero attached hydrogens (tertiary/aromatic N) is 1. The Morgan fingerprint density at radius 2 is 1.94 bits per heavy atom. The maximum atomic E-state index is 13.7. The predicted octanol–water partition coefficient (Wildman–Crippen LogP) is 4.50. The number of pyridine rings is 1. The summed E-state index contributed by atoms with van der Waals surface area (Å²) in [7, 11) is 0. The summed E-state index contributed by atoms with van der Waals surface area (Å²) in [6.07, 6.45) is 1.45. The highest BCUT2D eigenvalue weighted by Gasteiger charge is 2.31. The molecule has 0 bridgehead atoms. The van der Waals surface area contributed by atoms with Gasteiger partial charge in [-0.3, -0.25) is 9.59 Å². The number of halogens is 2. The molecule has 1 heterocycles. The van der Waals surface area contributed by atoms with Crippen molar-refractivity contribution in [1.82, 2.24) is 10.3 Å². The molecule has 0 aliphatic rings. The first-order valence-corrected chi connectivity index (χ1v) is 9.81. The van der Waals surface area contributed by atoms with Crippen molar-refractivity contribution in [3.8, 4) is 5.75 Å². The molecule has 2 rings (SSSR count). The summed E-state index contributed by atoms with van der Waals surface area (Å²) in [5, 5.41) is 5.44. The number of ether oxygens (including phenoxy) is 1. The van der Waals surface area contributed by atoms with Crippen LogP contribution in [-0.2, 0) is 11.3 Å². The summed E-state index contributed by atoms with van der Waals surface area (Å²) >= 11 is 0. The van der Waals surface area contributed by atoms with E-state index in [1.165, 1.54) is 19.2 Å². The Morgan fingerprint density at radius 3 is 2.55 bits per heavy atom. The smallest absolute Gasteiger partial charge is 0.302 e. The summed E-state index contributed by atoms with van der Waals surface area (Å²) < 4.78 is 32.5. The van der Waals surface area contributed by atoms with E-state index in [1.54, 1.807) is 45.0 Å². The van der Waals surface area contributed by atoms with Crippen molar-refractivity contribution in [2.24, 2.45) is 5.92 Å². The molecule has 0 radical (unpaired) electrons. The molecule has 0 aliphatic carbocycles. The van der Waals surface area contributed by atoms with E-state index in [-0.39, 0.29) is 29.9 Å². The van der Waals surface area contributed by atoms with Gasteiger partial charge in [-0.05, 0) is 48.7 Å². The van der Waals surface area contributed by atoms with Crippen molar-refractivity contribution >= 4 is 17.6 Å². The third-order valence-electron chi connectivity index (χ3n) is 4.52. The first-order valence-electron chi connectivity index (χ1n) is 9.81. The highest BCUT2D eigenvalue weighted by Crippen LogP contribution is 2.26. The minimum absolute atomic E-state index is 0.191. The minimum Gasteiger partial charge on any atom is -0.487 e. The molecule has 166 valence electrons. The van der Waals surface area contributed by atoms with E-state index < -0.39 is 12.5 Å². The van der Waals surface area contributed by atoms with Crippen molar-refractivity contribution in [1.29, 1.82) is 0 Å². The van der Waals surface area contributed by atoms with Gasteiger partial charge in [0.15, 0.2) is 6.61 Å².